The van der Waals surface area contributed by atoms with Crippen molar-refractivity contribution in [3.8, 4) is 0 Å². The monoisotopic (exact) mass is 393 g/mol. The molecule has 2 heterocycles. The molecule has 1 aliphatic heterocycles. The van der Waals surface area contributed by atoms with Crippen molar-refractivity contribution in [1.82, 2.24) is 10.3 Å². The Labute approximate surface area is 156 Å². The van der Waals surface area contributed by atoms with Crippen LogP contribution in [0.25, 0.3) is 11.0 Å². The average Bonchev–Trinajstić information content (AvgIpc) is 3.21. The Kier molecular flexibility index (Phi) is 5.17. The van der Waals surface area contributed by atoms with Crippen LogP contribution >= 0.6 is 43.2 Å². The molecule has 124 valence electrons. The van der Waals surface area contributed by atoms with E-state index in [0.29, 0.717) is 0 Å². The lowest BCUT2D eigenvalue weighted by Gasteiger charge is -2.11. The highest BCUT2D eigenvalue weighted by molar-refractivity contribution is 9.09. The van der Waals surface area contributed by atoms with Crippen LogP contribution in [0.2, 0.25) is 0 Å². The van der Waals surface area contributed by atoms with Gasteiger partial charge in [0.15, 0.2) is 0 Å². The van der Waals surface area contributed by atoms with Crippen molar-refractivity contribution in [1.29, 1.82) is 0 Å². The van der Waals surface area contributed by atoms with Crippen molar-refractivity contribution in [2.75, 3.05) is 17.8 Å². The van der Waals surface area contributed by atoms with Gasteiger partial charge in [-0.3, -0.25) is 0 Å². The molecule has 8 heteroatoms. The maximum Gasteiger partial charge on any atom is 0.135 e. The fraction of sp³-hybridized carbons (Fsp3) is 0.250. The number of thioether (sulfide) groups is 1. The molecule has 3 aromatic rings. The number of fused-ring (bicyclic) bond motifs is 2. The lowest BCUT2D eigenvalue weighted by atomic mass is 10.2. The predicted octanol–water partition coefficient (Wildman–Crippen LogP) is 5.45. The third kappa shape index (κ3) is 3.66. The molecule has 0 saturated heterocycles. The topological polar surface area (TPSA) is 42.2 Å². The predicted molar refractivity (Wildman–Crippen MR) is 108 cm³/mol. The van der Waals surface area contributed by atoms with Gasteiger partial charge < -0.3 is 4.90 Å². The SMILES string of the molecule is CN1CSc2ccc(CSSSCc3ccc4nonc4c3)cc21. The van der Waals surface area contributed by atoms with Gasteiger partial charge in [0, 0.05) is 23.4 Å². The van der Waals surface area contributed by atoms with Crippen molar-refractivity contribution < 1.29 is 4.63 Å². The van der Waals surface area contributed by atoms with Crippen LogP contribution in [0.1, 0.15) is 11.1 Å². The molecule has 0 N–H and O–H groups in total. The largest absolute Gasteiger partial charge is 0.364 e. The molecular formula is C16H15N3OS4. The van der Waals surface area contributed by atoms with Crippen LogP contribution in [0.5, 0.6) is 0 Å². The summed E-state index contributed by atoms with van der Waals surface area (Å²) >= 11 is 1.91. The van der Waals surface area contributed by atoms with Crippen LogP contribution < -0.4 is 4.90 Å². The summed E-state index contributed by atoms with van der Waals surface area (Å²) in [4.78, 5) is 3.70. The Morgan fingerprint density at radius 1 is 1.04 bits per heavy atom. The fourth-order valence-electron chi connectivity index (χ4n) is 2.44. The van der Waals surface area contributed by atoms with Gasteiger partial charge in [-0.05, 0) is 55.5 Å². The Bertz CT molecular complexity index is 854. The van der Waals surface area contributed by atoms with E-state index in [1.165, 1.54) is 21.7 Å². The first-order valence-corrected chi connectivity index (χ1v) is 12.2. The Morgan fingerprint density at radius 3 is 2.67 bits per heavy atom. The molecule has 4 nitrogen and oxygen atoms in total. The first-order valence-electron chi connectivity index (χ1n) is 7.39. The van der Waals surface area contributed by atoms with Gasteiger partial charge in [-0.1, -0.05) is 33.7 Å². The summed E-state index contributed by atoms with van der Waals surface area (Å²) in [5.41, 5.74) is 5.63. The van der Waals surface area contributed by atoms with Crippen LogP contribution in [0.15, 0.2) is 45.9 Å². The summed E-state index contributed by atoms with van der Waals surface area (Å²) in [7, 11) is 7.73. The van der Waals surface area contributed by atoms with Crippen LogP contribution in [0.4, 0.5) is 5.69 Å². The molecule has 0 saturated carbocycles. The zero-order chi connectivity index (χ0) is 16.4. The summed E-state index contributed by atoms with van der Waals surface area (Å²) in [6, 6.07) is 12.9. The zero-order valence-electron chi connectivity index (χ0n) is 13.0. The molecule has 1 aromatic heterocycles. The maximum atomic E-state index is 4.73. The second kappa shape index (κ2) is 7.51. The number of anilines is 1. The van der Waals surface area contributed by atoms with Gasteiger partial charge in [-0.2, -0.15) is 0 Å². The third-order valence-electron chi connectivity index (χ3n) is 3.71. The minimum Gasteiger partial charge on any atom is -0.364 e. The molecule has 1 aliphatic rings. The average molecular weight is 394 g/mol. The number of rotatable bonds is 6. The van der Waals surface area contributed by atoms with Crippen molar-refractivity contribution in [3.63, 3.8) is 0 Å². The van der Waals surface area contributed by atoms with Crippen LogP contribution in [0, 0.1) is 0 Å². The second-order valence-electron chi connectivity index (χ2n) is 5.45. The third-order valence-corrected chi connectivity index (χ3v) is 9.00. The van der Waals surface area contributed by atoms with E-state index < -0.39 is 0 Å². The summed E-state index contributed by atoms with van der Waals surface area (Å²) < 4.78 is 4.73. The molecule has 0 aliphatic carbocycles. The van der Waals surface area contributed by atoms with E-state index in [0.717, 1.165) is 28.4 Å². The minimum atomic E-state index is 0.811. The standard InChI is InChI=1S/C16H15N3OS4/c1-19-10-21-16-5-3-12(7-15(16)19)9-23-24-22-8-11-2-4-13-14(6-11)18-20-17-13/h2-7H,8-10H2,1H3. The minimum absolute atomic E-state index is 0.811. The van der Waals surface area contributed by atoms with Crippen LogP contribution in [0.3, 0.4) is 0 Å². The summed E-state index contributed by atoms with van der Waals surface area (Å²) in [5.74, 6) is 3.03. The molecule has 24 heavy (non-hydrogen) atoms. The smallest absolute Gasteiger partial charge is 0.135 e. The Hall–Kier alpha value is -0.960. The van der Waals surface area contributed by atoms with Gasteiger partial charge in [0.25, 0.3) is 0 Å². The van der Waals surface area contributed by atoms with E-state index in [1.54, 1.807) is 0 Å². The van der Waals surface area contributed by atoms with Gasteiger partial charge in [0.05, 0.1) is 11.6 Å². The molecular weight excluding hydrogens is 378 g/mol. The van der Waals surface area contributed by atoms with Gasteiger partial charge in [-0.25, -0.2) is 4.63 Å². The van der Waals surface area contributed by atoms with E-state index in [-0.39, 0.29) is 0 Å². The number of aromatic nitrogens is 2. The quantitative estimate of drug-likeness (QED) is 0.404. The lowest BCUT2D eigenvalue weighted by molar-refractivity contribution is 0.315. The van der Waals surface area contributed by atoms with Gasteiger partial charge in [-0.15, -0.1) is 11.8 Å². The molecule has 0 unspecified atom stereocenters. The van der Waals surface area contributed by atoms with Crippen molar-refractivity contribution in [2.45, 2.75) is 16.4 Å². The van der Waals surface area contributed by atoms with E-state index >= 15 is 0 Å². The molecule has 0 radical (unpaired) electrons. The maximum absolute atomic E-state index is 4.73. The van der Waals surface area contributed by atoms with E-state index in [9.17, 15) is 0 Å². The lowest BCUT2D eigenvalue weighted by Crippen LogP contribution is -2.10. The summed E-state index contributed by atoms with van der Waals surface area (Å²) in [6.45, 7) is 0. The first-order chi connectivity index (χ1) is 11.8. The van der Waals surface area contributed by atoms with Crippen molar-refractivity contribution >= 4 is 59.9 Å². The second-order valence-corrected chi connectivity index (χ2v) is 10.7. The zero-order valence-corrected chi connectivity index (χ0v) is 16.2. The Morgan fingerprint density at radius 2 is 1.79 bits per heavy atom. The van der Waals surface area contributed by atoms with Gasteiger partial charge >= 0.3 is 0 Å². The molecule has 0 amide bonds. The van der Waals surface area contributed by atoms with E-state index in [2.05, 4.69) is 46.5 Å². The fourth-order valence-corrected chi connectivity index (χ4v) is 7.03. The number of benzene rings is 2. The number of hydrogen-bond acceptors (Lipinski definition) is 8. The molecule has 0 atom stereocenters. The van der Waals surface area contributed by atoms with E-state index in [4.69, 9.17) is 4.63 Å². The summed E-state index contributed by atoms with van der Waals surface area (Å²) in [5, 5.41) is 7.71. The van der Waals surface area contributed by atoms with Crippen LogP contribution in [-0.4, -0.2) is 23.2 Å². The highest BCUT2D eigenvalue weighted by Gasteiger charge is 2.16. The molecule has 2 aromatic carbocycles. The van der Waals surface area contributed by atoms with E-state index in [1.807, 2.05) is 55.3 Å². The first kappa shape index (κ1) is 16.5. The Balaban J connectivity index is 1.25. The van der Waals surface area contributed by atoms with Crippen LogP contribution in [-0.2, 0) is 11.5 Å². The number of nitrogens with zero attached hydrogens (tertiary/aromatic N) is 3. The van der Waals surface area contributed by atoms with Gasteiger partial charge in [0.2, 0.25) is 0 Å². The normalized spacial score (nSPS) is 13.6. The molecule has 0 spiro atoms. The number of hydrogen-bond donors (Lipinski definition) is 0. The summed E-state index contributed by atoms with van der Waals surface area (Å²) in [6.07, 6.45) is 0. The highest BCUT2D eigenvalue weighted by atomic mass is 33.5. The van der Waals surface area contributed by atoms with Crippen molar-refractivity contribution in [3.05, 3.63) is 47.5 Å². The molecule has 0 fully saturated rings. The highest BCUT2D eigenvalue weighted by Crippen LogP contribution is 2.41. The molecule has 0 bridgehead atoms. The van der Waals surface area contributed by atoms with Crippen molar-refractivity contribution in [2.24, 2.45) is 0 Å². The van der Waals surface area contributed by atoms with Gasteiger partial charge in [0.1, 0.15) is 11.0 Å². The molecule has 4 rings (SSSR count).